The fraction of sp³-hybridized carbons (Fsp3) is 0.611. The number of aryl methyl sites for hydroxylation is 1. The van der Waals surface area contributed by atoms with E-state index in [1.807, 2.05) is 39.0 Å². The SMILES string of the molecule is Cc1ccc(CNC(=O)[C@@H](N)C(C)C)c(OCC2CCCO2)c1. The second-order valence-corrected chi connectivity index (χ2v) is 6.54. The van der Waals surface area contributed by atoms with Gasteiger partial charge >= 0.3 is 0 Å². The molecule has 1 heterocycles. The molecule has 1 aromatic rings. The van der Waals surface area contributed by atoms with Gasteiger partial charge in [0.15, 0.2) is 0 Å². The molecule has 2 rings (SSSR count). The Labute approximate surface area is 138 Å². The van der Waals surface area contributed by atoms with Crippen LogP contribution in [0.2, 0.25) is 0 Å². The molecule has 1 fully saturated rings. The lowest BCUT2D eigenvalue weighted by Gasteiger charge is -2.18. The molecule has 0 spiro atoms. The number of rotatable bonds is 7. The smallest absolute Gasteiger partial charge is 0.237 e. The van der Waals surface area contributed by atoms with E-state index in [1.165, 1.54) is 0 Å². The lowest BCUT2D eigenvalue weighted by molar-refractivity contribution is -0.123. The van der Waals surface area contributed by atoms with E-state index in [0.717, 1.165) is 36.3 Å². The van der Waals surface area contributed by atoms with Crippen molar-refractivity contribution in [1.29, 1.82) is 0 Å². The Morgan fingerprint density at radius 1 is 1.48 bits per heavy atom. The first-order valence-corrected chi connectivity index (χ1v) is 8.34. The highest BCUT2D eigenvalue weighted by atomic mass is 16.5. The van der Waals surface area contributed by atoms with Crippen molar-refractivity contribution >= 4 is 5.91 Å². The fourth-order valence-corrected chi connectivity index (χ4v) is 2.50. The van der Waals surface area contributed by atoms with Crippen LogP contribution in [-0.4, -0.2) is 31.3 Å². The summed E-state index contributed by atoms with van der Waals surface area (Å²) in [5.74, 6) is 0.785. The maximum Gasteiger partial charge on any atom is 0.237 e. The van der Waals surface area contributed by atoms with E-state index in [2.05, 4.69) is 5.32 Å². The van der Waals surface area contributed by atoms with Crippen molar-refractivity contribution in [3.05, 3.63) is 29.3 Å². The number of ether oxygens (including phenoxy) is 2. The van der Waals surface area contributed by atoms with E-state index in [1.54, 1.807) is 0 Å². The number of nitrogens with one attached hydrogen (secondary N) is 1. The minimum Gasteiger partial charge on any atom is -0.491 e. The highest BCUT2D eigenvalue weighted by Crippen LogP contribution is 2.22. The molecule has 5 heteroatoms. The Morgan fingerprint density at radius 3 is 2.91 bits per heavy atom. The fourth-order valence-electron chi connectivity index (χ4n) is 2.50. The molecule has 0 aromatic heterocycles. The van der Waals surface area contributed by atoms with Crippen molar-refractivity contribution in [2.24, 2.45) is 11.7 Å². The van der Waals surface area contributed by atoms with Crippen molar-refractivity contribution in [2.75, 3.05) is 13.2 Å². The van der Waals surface area contributed by atoms with Gasteiger partial charge in [-0.25, -0.2) is 0 Å². The maximum atomic E-state index is 12.0. The summed E-state index contributed by atoms with van der Waals surface area (Å²) >= 11 is 0. The lowest BCUT2D eigenvalue weighted by atomic mass is 10.0. The Balaban J connectivity index is 1.95. The normalized spacial score (nSPS) is 18.9. The largest absolute Gasteiger partial charge is 0.491 e. The second kappa shape index (κ2) is 8.31. The van der Waals surface area contributed by atoms with Gasteiger partial charge in [-0.05, 0) is 37.3 Å². The van der Waals surface area contributed by atoms with Crippen LogP contribution in [0.1, 0.15) is 37.8 Å². The Morgan fingerprint density at radius 2 is 2.26 bits per heavy atom. The molecule has 1 saturated heterocycles. The molecule has 1 aromatic carbocycles. The van der Waals surface area contributed by atoms with Crippen LogP contribution in [0.15, 0.2) is 18.2 Å². The topological polar surface area (TPSA) is 73.6 Å². The minimum absolute atomic E-state index is 0.114. The van der Waals surface area contributed by atoms with E-state index in [9.17, 15) is 4.79 Å². The molecule has 23 heavy (non-hydrogen) atoms. The van der Waals surface area contributed by atoms with E-state index in [-0.39, 0.29) is 17.9 Å². The van der Waals surface area contributed by atoms with Gasteiger partial charge in [0.05, 0.1) is 12.1 Å². The van der Waals surface area contributed by atoms with Crippen molar-refractivity contribution < 1.29 is 14.3 Å². The summed E-state index contributed by atoms with van der Waals surface area (Å²) in [5.41, 5.74) is 7.95. The summed E-state index contributed by atoms with van der Waals surface area (Å²) < 4.78 is 11.5. The van der Waals surface area contributed by atoms with Crippen LogP contribution in [-0.2, 0) is 16.1 Å². The third-order valence-electron chi connectivity index (χ3n) is 4.15. The molecule has 0 saturated carbocycles. The Kier molecular flexibility index (Phi) is 6.42. The molecule has 1 amide bonds. The highest BCUT2D eigenvalue weighted by Gasteiger charge is 2.19. The summed E-state index contributed by atoms with van der Waals surface area (Å²) in [7, 11) is 0. The number of benzene rings is 1. The van der Waals surface area contributed by atoms with Gasteiger partial charge in [0, 0.05) is 18.7 Å². The average Bonchev–Trinajstić information content (AvgIpc) is 3.04. The number of carbonyl (C=O) groups excluding carboxylic acids is 1. The van der Waals surface area contributed by atoms with Gasteiger partial charge < -0.3 is 20.5 Å². The van der Waals surface area contributed by atoms with Crippen LogP contribution in [0.3, 0.4) is 0 Å². The van der Waals surface area contributed by atoms with Crippen molar-refractivity contribution in [1.82, 2.24) is 5.32 Å². The van der Waals surface area contributed by atoms with Crippen LogP contribution in [0.4, 0.5) is 0 Å². The zero-order chi connectivity index (χ0) is 16.8. The first-order chi connectivity index (χ1) is 11.0. The second-order valence-electron chi connectivity index (χ2n) is 6.54. The molecule has 3 N–H and O–H groups in total. The zero-order valence-corrected chi connectivity index (χ0v) is 14.3. The van der Waals surface area contributed by atoms with Crippen molar-refractivity contribution in [3.63, 3.8) is 0 Å². The third-order valence-corrected chi connectivity index (χ3v) is 4.15. The summed E-state index contributed by atoms with van der Waals surface area (Å²) in [6.45, 7) is 7.68. The van der Waals surface area contributed by atoms with Crippen molar-refractivity contribution in [2.45, 2.75) is 52.3 Å². The summed E-state index contributed by atoms with van der Waals surface area (Å²) in [6, 6.07) is 5.51. The molecule has 1 aliphatic rings. The van der Waals surface area contributed by atoms with Gasteiger partial charge in [-0.1, -0.05) is 26.0 Å². The molecule has 0 aliphatic carbocycles. The number of hydrogen-bond donors (Lipinski definition) is 2. The monoisotopic (exact) mass is 320 g/mol. The molecule has 2 atom stereocenters. The predicted octanol–water partition coefficient (Wildman–Crippen LogP) is 2.15. The van der Waals surface area contributed by atoms with Crippen LogP contribution in [0, 0.1) is 12.8 Å². The average molecular weight is 320 g/mol. The summed E-state index contributed by atoms with van der Waals surface area (Å²) in [4.78, 5) is 12.0. The summed E-state index contributed by atoms with van der Waals surface area (Å²) in [6.07, 6.45) is 2.31. The molecule has 1 aliphatic heterocycles. The number of amides is 1. The van der Waals surface area contributed by atoms with E-state index < -0.39 is 6.04 Å². The molecule has 0 radical (unpaired) electrons. The number of nitrogens with two attached hydrogens (primary N) is 1. The van der Waals surface area contributed by atoms with Crippen molar-refractivity contribution in [3.8, 4) is 5.75 Å². The van der Waals surface area contributed by atoms with Crippen LogP contribution in [0.25, 0.3) is 0 Å². The molecule has 128 valence electrons. The van der Waals surface area contributed by atoms with Crippen LogP contribution >= 0.6 is 0 Å². The van der Waals surface area contributed by atoms with Gasteiger partial charge in [0.2, 0.25) is 5.91 Å². The van der Waals surface area contributed by atoms with Gasteiger partial charge in [0.1, 0.15) is 12.4 Å². The van der Waals surface area contributed by atoms with E-state index >= 15 is 0 Å². The first kappa shape index (κ1) is 17.8. The third kappa shape index (κ3) is 5.22. The summed E-state index contributed by atoms with van der Waals surface area (Å²) in [5, 5.41) is 2.89. The van der Waals surface area contributed by atoms with Gasteiger partial charge in [-0.15, -0.1) is 0 Å². The molecule has 1 unspecified atom stereocenters. The molecular formula is C18H28N2O3. The predicted molar refractivity (Wildman–Crippen MR) is 90.3 cm³/mol. The van der Waals surface area contributed by atoms with Gasteiger partial charge in [-0.3, -0.25) is 4.79 Å². The lowest BCUT2D eigenvalue weighted by Crippen LogP contribution is -2.43. The van der Waals surface area contributed by atoms with Crippen LogP contribution < -0.4 is 15.8 Å². The van der Waals surface area contributed by atoms with Gasteiger partial charge in [-0.2, -0.15) is 0 Å². The Bertz CT molecular complexity index is 525. The quantitative estimate of drug-likeness (QED) is 0.807. The number of carbonyl (C=O) groups is 1. The maximum absolute atomic E-state index is 12.0. The van der Waals surface area contributed by atoms with E-state index in [0.29, 0.717) is 13.2 Å². The number of hydrogen-bond acceptors (Lipinski definition) is 4. The molecular weight excluding hydrogens is 292 g/mol. The van der Waals surface area contributed by atoms with E-state index in [4.69, 9.17) is 15.2 Å². The molecule has 5 nitrogen and oxygen atoms in total. The standard InChI is InChI=1S/C18H28N2O3/c1-12(2)17(19)18(21)20-10-14-7-6-13(3)9-16(14)23-11-15-5-4-8-22-15/h6-7,9,12,15,17H,4-5,8,10-11,19H2,1-3H3,(H,20,21)/t15?,17-/m0/s1. The zero-order valence-electron chi connectivity index (χ0n) is 14.3. The first-order valence-electron chi connectivity index (χ1n) is 8.34. The highest BCUT2D eigenvalue weighted by molar-refractivity contribution is 5.81. The minimum atomic E-state index is -0.489. The molecule has 0 bridgehead atoms. The van der Waals surface area contributed by atoms with Crippen LogP contribution in [0.5, 0.6) is 5.75 Å². The Hall–Kier alpha value is -1.59. The van der Waals surface area contributed by atoms with Gasteiger partial charge in [0.25, 0.3) is 0 Å².